The van der Waals surface area contributed by atoms with E-state index < -0.39 is 0 Å². The van der Waals surface area contributed by atoms with Gasteiger partial charge < -0.3 is 10.5 Å². The van der Waals surface area contributed by atoms with E-state index >= 15 is 0 Å². The highest BCUT2D eigenvalue weighted by Crippen LogP contribution is 2.14. The van der Waals surface area contributed by atoms with Gasteiger partial charge in [-0.1, -0.05) is 6.07 Å². The van der Waals surface area contributed by atoms with Crippen molar-refractivity contribution in [2.75, 3.05) is 12.3 Å². The van der Waals surface area contributed by atoms with Crippen LogP contribution in [0.15, 0.2) is 24.3 Å². The molecule has 0 saturated heterocycles. The smallest absolute Gasteiger partial charge is 0.133 e. The minimum absolute atomic E-state index is 0.129. The number of hydrogen-bond donors (Lipinski definition) is 1. The van der Waals surface area contributed by atoms with Crippen molar-refractivity contribution < 1.29 is 9.53 Å². The molecular formula is C10H13NO2. The van der Waals surface area contributed by atoms with Crippen LogP contribution in [0.3, 0.4) is 0 Å². The summed E-state index contributed by atoms with van der Waals surface area (Å²) in [6, 6.07) is 7.16. The summed E-state index contributed by atoms with van der Waals surface area (Å²) < 4.78 is 5.30. The monoisotopic (exact) mass is 179 g/mol. The van der Waals surface area contributed by atoms with Crippen LogP contribution in [-0.4, -0.2) is 12.4 Å². The van der Waals surface area contributed by atoms with Gasteiger partial charge in [-0.2, -0.15) is 0 Å². The number of benzene rings is 1. The van der Waals surface area contributed by atoms with E-state index in [9.17, 15) is 4.79 Å². The molecule has 0 aliphatic heterocycles. The molecule has 0 fully saturated rings. The molecule has 0 amide bonds. The Morgan fingerprint density at radius 1 is 1.54 bits per heavy atom. The van der Waals surface area contributed by atoms with Crippen LogP contribution in [-0.2, 0) is 4.79 Å². The molecule has 3 nitrogen and oxygen atoms in total. The fourth-order valence-corrected chi connectivity index (χ4v) is 0.917. The van der Waals surface area contributed by atoms with Gasteiger partial charge in [-0.15, -0.1) is 0 Å². The van der Waals surface area contributed by atoms with Crippen molar-refractivity contribution in [1.82, 2.24) is 0 Å². The van der Waals surface area contributed by atoms with E-state index in [0.29, 0.717) is 24.5 Å². The normalized spacial score (nSPS) is 9.62. The Morgan fingerprint density at radius 3 is 2.92 bits per heavy atom. The predicted molar refractivity (Wildman–Crippen MR) is 51.6 cm³/mol. The Labute approximate surface area is 77.5 Å². The Kier molecular flexibility index (Phi) is 3.31. The number of carbonyl (C=O) groups is 1. The first-order valence-corrected chi connectivity index (χ1v) is 4.16. The largest absolute Gasteiger partial charge is 0.493 e. The minimum atomic E-state index is 0.129. The molecule has 70 valence electrons. The number of ether oxygens (including phenoxy) is 1. The molecule has 2 N–H and O–H groups in total. The second-order valence-corrected chi connectivity index (χ2v) is 2.87. The lowest BCUT2D eigenvalue weighted by Crippen LogP contribution is -2.02. The molecule has 0 aliphatic carbocycles. The molecule has 0 spiro atoms. The van der Waals surface area contributed by atoms with Crippen LogP contribution < -0.4 is 10.5 Å². The van der Waals surface area contributed by atoms with Crippen LogP contribution in [0, 0.1) is 0 Å². The molecule has 3 heteroatoms. The summed E-state index contributed by atoms with van der Waals surface area (Å²) in [5.41, 5.74) is 6.21. The van der Waals surface area contributed by atoms with Gasteiger partial charge in [-0.3, -0.25) is 4.79 Å². The van der Waals surface area contributed by atoms with Crippen molar-refractivity contribution in [1.29, 1.82) is 0 Å². The average molecular weight is 179 g/mol. The van der Waals surface area contributed by atoms with E-state index in [2.05, 4.69) is 0 Å². The van der Waals surface area contributed by atoms with Crippen LogP contribution in [0.4, 0.5) is 5.69 Å². The summed E-state index contributed by atoms with van der Waals surface area (Å²) >= 11 is 0. The molecule has 1 aromatic carbocycles. The van der Waals surface area contributed by atoms with Gasteiger partial charge in [-0.25, -0.2) is 0 Å². The van der Waals surface area contributed by atoms with E-state index in [4.69, 9.17) is 10.5 Å². The number of hydrogen-bond acceptors (Lipinski definition) is 3. The predicted octanol–water partition coefficient (Wildman–Crippen LogP) is 1.63. The maximum absolute atomic E-state index is 10.6. The Balaban J connectivity index is 2.41. The highest BCUT2D eigenvalue weighted by Gasteiger charge is 1.96. The van der Waals surface area contributed by atoms with Gasteiger partial charge in [0.2, 0.25) is 0 Å². The van der Waals surface area contributed by atoms with Crippen molar-refractivity contribution in [3.05, 3.63) is 24.3 Å². The molecule has 0 saturated carbocycles. The summed E-state index contributed by atoms with van der Waals surface area (Å²) in [6.07, 6.45) is 0.439. The second kappa shape index (κ2) is 4.50. The zero-order chi connectivity index (χ0) is 9.68. The van der Waals surface area contributed by atoms with Crippen LogP contribution >= 0.6 is 0 Å². The quantitative estimate of drug-likeness (QED) is 0.714. The Hall–Kier alpha value is -1.51. The number of carbonyl (C=O) groups excluding carboxylic acids is 1. The van der Waals surface area contributed by atoms with E-state index in [0.717, 1.165) is 0 Å². The van der Waals surface area contributed by atoms with Gasteiger partial charge in [0.1, 0.15) is 11.5 Å². The highest BCUT2D eigenvalue weighted by atomic mass is 16.5. The first kappa shape index (κ1) is 9.58. The van der Waals surface area contributed by atoms with E-state index in [1.54, 1.807) is 19.1 Å². The van der Waals surface area contributed by atoms with E-state index in [-0.39, 0.29) is 5.78 Å². The molecule has 0 unspecified atom stereocenters. The first-order valence-electron chi connectivity index (χ1n) is 4.16. The van der Waals surface area contributed by atoms with Crippen LogP contribution in [0.2, 0.25) is 0 Å². The molecular weight excluding hydrogens is 166 g/mol. The van der Waals surface area contributed by atoms with Gasteiger partial charge in [0.15, 0.2) is 0 Å². The number of Topliss-reactive ketones (excluding diaryl/α,β-unsaturated/α-hetero) is 1. The summed E-state index contributed by atoms with van der Waals surface area (Å²) in [7, 11) is 0. The third-order valence-corrected chi connectivity index (χ3v) is 1.58. The SMILES string of the molecule is CC(=O)CCOc1cccc(N)c1. The van der Waals surface area contributed by atoms with Crippen molar-refractivity contribution in [3.63, 3.8) is 0 Å². The fraction of sp³-hybridized carbons (Fsp3) is 0.300. The van der Waals surface area contributed by atoms with Crippen LogP contribution in [0.5, 0.6) is 5.75 Å². The zero-order valence-electron chi connectivity index (χ0n) is 7.62. The van der Waals surface area contributed by atoms with Gasteiger partial charge in [0, 0.05) is 18.2 Å². The van der Waals surface area contributed by atoms with Crippen molar-refractivity contribution in [2.24, 2.45) is 0 Å². The molecule has 0 heterocycles. The molecule has 0 bridgehead atoms. The third-order valence-electron chi connectivity index (χ3n) is 1.58. The zero-order valence-corrected chi connectivity index (χ0v) is 7.62. The van der Waals surface area contributed by atoms with E-state index in [1.807, 2.05) is 12.1 Å². The summed E-state index contributed by atoms with van der Waals surface area (Å²) in [6.45, 7) is 1.96. The van der Waals surface area contributed by atoms with Crippen LogP contribution in [0.25, 0.3) is 0 Å². The molecule has 1 aromatic rings. The Bertz CT molecular complexity index is 297. The van der Waals surface area contributed by atoms with Crippen molar-refractivity contribution >= 4 is 11.5 Å². The maximum atomic E-state index is 10.6. The standard InChI is InChI=1S/C10H13NO2/c1-8(12)5-6-13-10-4-2-3-9(11)7-10/h2-4,7H,5-6,11H2,1H3. The fourth-order valence-electron chi connectivity index (χ4n) is 0.917. The molecule has 0 atom stereocenters. The molecule has 1 rings (SSSR count). The number of anilines is 1. The lowest BCUT2D eigenvalue weighted by molar-refractivity contribution is -0.117. The summed E-state index contributed by atoms with van der Waals surface area (Å²) in [5, 5.41) is 0. The number of nitrogen functional groups attached to an aromatic ring is 1. The Morgan fingerprint density at radius 2 is 2.31 bits per heavy atom. The maximum Gasteiger partial charge on any atom is 0.133 e. The first-order chi connectivity index (χ1) is 6.18. The van der Waals surface area contributed by atoms with Crippen molar-refractivity contribution in [3.8, 4) is 5.75 Å². The number of rotatable bonds is 4. The lowest BCUT2D eigenvalue weighted by atomic mass is 10.3. The topological polar surface area (TPSA) is 52.3 Å². The van der Waals surface area contributed by atoms with Gasteiger partial charge in [-0.05, 0) is 19.1 Å². The third kappa shape index (κ3) is 3.60. The van der Waals surface area contributed by atoms with Gasteiger partial charge in [0.05, 0.1) is 6.61 Å². The second-order valence-electron chi connectivity index (χ2n) is 2.87. The summed E-state index contributed by atoms with van der Waals surface area (Å²) in [5.74, 6) is 0.838. The molecule has 13 heavy (non-hydrogen) atoms. The van der Waals surface area contributed by atoms with Crippen molar-refractivity contribution in [2.45, 2.75) is 13.3 Å². The highest BCUT2D eigenvalue weighted by molar-refractivity contribution is 5.75. The van der Waals surface area contributed by atoms with Crippen LogP contribution in [0.1, 0.15) is 13.3 Å². The minimum Gasteiger partial charge on any atom is -0.493 e. The van der Waals surface area contributed by atoms with Gasteiger partial charge >= 0.3 is 0 Å². The number of nitrogens with two attached hydrogens (primary N) is 1. The number of ketones is 1. The summed E-state index contributed by atoms with van der Waals surface area (Å²) in [4.78, 5) is 10.6. The molecule has 0 radical (unpaired) electrons. The molecule has 0 aliphatic rings. The average Bonchev–Trinajstić information content (AvgIpc) is 2.03. The lowest BCUT2D eigenvalue weighted by Gasteiger charge is -2.04. The van der Waals surface area contributed by atoms with E-state index in [1.165, 1.54) is 0 Å². The molecule has 0 aromatic heterocycles. The van der Waals surface area contributed by atoms with Gasteiger partial charge in [0.25, 0.3) is 0 Å².